The molecule has 4 rings (SSSR count). The first-order valence-electron chi connectivity index (χ1n) is 10.1. The van der Waals surface area contributed by atoms with Crippen LogP contribution in [0.5, 0.6) is 0 Å². The molecular formula is C22H36O2. The Morgan fingerprint density at radius 2 is 1.71 bits per heavy atom. The van der Waals surface area contributed by atoms with Gasteiger partial charge in [0.25, 0.3) is 0 Å². The van der Waals surface area contributed by atoms with Gasteiger partial charge in [-0.1, -0.05) is 39.3 Å². The van der Waals surface area contributed by atoms with E-state index in [0.717, 1.165) is 31.1 Å². The summed E-state index contributed by atoms with van der Waals surface area (Å²) in [4.78, 5) is 0. The van der Waals surface area contributed by atoms with E-state index in [9.17, 15) is 10.2 Å². The van der Waals surface area contributed by atoms with E-state index in [0.29, 0.717) is 5.92 Å². The normalized spacial score (nSPS) is 56.0. The van der Waals surface area contributed by atoms with E-state index in [2.05, 4.69) is 33.8 Å². The summed E-state index contributed by atoms with van der Waals surface area (Å²) in [5, 5.41) is 21.6. The second kappa shape index (κ2) is 4.88. The number of hydrogen-bond acceptors (Lipinski definition) is 2. The lowest BCUT2D eigenvalue weighted by Gasteiger charge is -2.62. The SMILES string of the molecule is CC1(C)C[C@@]2(C)C(=CC[C@@H]3[C@@H]2CC[C@]2(C)C(O)CC[C@@H]32)CC1(C)O. The van der Waals surface area contributed by atoms with Crippen molar-refractivity contribution in [3.05, 3.63) is 11.6 Å². The Labute approximate surface area is 147 Å². The van der Waals surface area contributed by atoms with Crippen molar-refractivity contribution in [2.24, 2.45) is 34.0 Å². The average molecular weight is 333 g/mol. The Hall–Kier alpha value is -0.340. The maximum absolute atomic E-state index is 11.0. The number of aliphatic hydroxyl groups excluding tert-OH is 1. The van der Waals surface area contributed by atoms with Crippen molar-refractivity contribution in [1.29, 1.82) is 0 Å². The number of rotatable bonds is 0. The third kappa shape index (κ3) is 2.02. The van der Waals surface area contributed by atoms with Crippen molar-refractivity contribution in [3.63, 3.8) is 0 Å². The van der Waals surface area contributed by atoms with Crippen molar-refractivity contribution in [2.75, 3.05) is 0 Å². The fourth-order valence-electron chi connectivity index (χ4n) is 7.37. The van der Waals surface area contributed by atoms with Gasteiger partial charge in [-0.3, -0.25) is 0 Å². The molecule has 7 atom stereocenters. The minimum absolute atomic E-state index is 0.0447. The van der Waals surface area contributed by atoms with Gasteiger partial charge in [0, 0.05) is 0 Å². The molecule has 0 aliphatic heterocycles. The van der Waals surface area contributed by atoms with E-state index in [1.54, 1.807) is 0 Å². The molecule has 3 fully saturated rings. The average Bonchev–Trinajstić information content (AvgIpc) is 2.76. The smallest absolute Gasteiger partial charge is 0.0707 e. The summed E-state index contributed by atoms with van der Waals surface area (Å²) >= 11 is 0. The number of aliphatic hydroxyl groups is 2. The molecule has 0 heterocycles. The quantitative estimate of drug-likeness (QED) is 0.631. The molecule has 4 aliphatic rings. The minimum atomic E-state index is -0.599. The predicted molar refractivity (Wildman–Crippen MR) is 97.5 cm³/mol. The van der Waals surface area contributed by atoms with Crippen LogP contribution < -0.4 is 0 Å². The molecule has 2 nitrogen and oxygen atoms in total. The Morgan fingerprint density at radius 1 is 1.00 bits per heavy atom. The lowest BCUT2D eigenvalue weighted by Crippen LogP contribution is -2.57. The van der Waals surface area contributed by atoms with Crippen LogP contribution in [0.3, 0.4) is 0 Å². The lowest BCUT2D eigenvalue weighted by atomic mass is 9.44. The molecule has 0 aromatic carbocycles. The topological polar surface area (TPSA) is 40.5 Å². The summed E-state index contributed by atoms with van der Waals surface area (Å²) in [5.41, 5.74) is 1.27. The van der Waals surface area contributed by atoms with Crippen molar-refractivity contribution in [3.8, 4) is 0 Å². The van der Waals surface area contributed by atoms with E-state index < -0.39 is 5.60 Å². The maximum atomic E-state index is 11.0. The monoisotopic (exact) mass is 332 g/mol. The zero-order chi connectivity index (χ0) is 17.5. The van der Waals surface area contributed by atoms with Gasteiger partial charge in [0.1, 0.15) is 0 Å². The second-order valence-electron chi connectivity index (χ2n) is 10.9. The number of fused-ring (bicyclic) bond motifs is 5. The fourth-order valence-corrected chi connectivity index (χ4v) is 7.37. The highest BCUT2D eigenvalue weighted by Gasteiger charge is 2.61. The predicted octanol–water partition coefficient (Wildman–Crippen LogP) is 4.70. The van der Waals surface area contributed by atoms with E-state index >= 15 is 0 Å². The van der Waals surface area contributed by atoms with E-state index in [1.165, 1.54) is 31.3 Å². The lowest BCUT2D eigenvalue weighted by molar-refractivity contribution is -0.130. The highest BCUT2D eigenvalue weighted by molar-refractivity contribution is 5.29. The Bertz CT molecular complexity index is 575. The van der Waals surface area contributed by atoms with Gasteiger partial charge in [-0.2, -0.15) is 0 Å². The van der Waals surface area contributed by atoms with Gasteiger partial charge >= 0.3 is 0 Å². The molecule has 0 aromatic rings. The summed E-state index contributed by atoms with van der Waals surface area (Å²) in [6.45, 7) is 11.4. The Kier molecular flexibility index (Phi) is 3.48. The molecule has 4 aliphatic carbocycles. The van der Waals surface area contributed by atoms with Crippen LogP contribution in [0.4, 0.5) is 0 Å². The summed E-state index contributed by atoms with van der Waals surface area (Å²) in [5.74, 6) is 2.15. The molecule has 136 valence electrons. The second-order valence-corrected chi connectivity index (χ2v) is 10.9. The first kappa shape index (κ1) is 17.1. The molecule has 3 saturated carbocycles. The fraction of sp³-hybridized carbons (Fsp3) is 0.909. The van der Waals surface area contributed by atoms with Gasteiger partial charge in [-0.05, 0) is 85.9 Å². The van der Waals surface area contributed by atoms with Gasteiger partial charge in [0.15, 0.2) is 0 Å². The first-order valence-corrected chi connectivity index (χ1v) is 10.1. The van der Waals surface area contributed by atoms with Crippen LogP contribution in [0.1, 0.15) is 79.6 Å². The molecule has 0 bridgehead atoms. The molecular weight excluding hydrogens is 296 g/mol. The molecule has 2 N–H and O–H groups in total. The van der Waals surface area contributed by atoms with Gasteiger partial charge in [0.2, 0.25) is 0 Å². The molecule has 24 heavy (non-hydrogen) atoms. The molecule has 2 heteroatoms. The van der Waals surface area contributed by atoms with Gasteiger partial charge in [-0.25, -0.2) is 0 Å². The van der Waals surface area contributed by atoms with Gasteiger partial charge < -0.3 is 10.2 Å². The molecule has 0 spiro atoms. The zero-order valence-corrected chi connectivity index (χ0v) is 16.2. The summed E-state index contributed by atoms with van der Waals surface area (Å²) < 4.78 is 0. The molecule has 0 amide bonds. The van der Waals surface area contributed by atoms with Crippen LogP contribution in [0.25, 0.3) is 0 Å². The molecule has 2 unspecified atom stereocenters. The van der Waals surface area contributed by atoms with Crippen LogP contribution in [0.15, 0.2) is 11.6 Å². The van der Waals surface area contributed by atoms with Crippen LogP contribution in [-0.2, 0) is 0 Å². The van der Waals surface area contributed by atoms with E-state index in [-0.39, 0.29) is 22.3 Å². The standard InChI is InChI=1S/C22H36O2/c1-19(2)13-21(4)14(12-22(19,5)24)6-7-15-16-8-9-18(23)20(16,3)11-10-17(15)21/h6,15-18,23-24H,7-13H2,1-5H3/t15-,16-,17-,18?,20-,21-,22?/m0/s1. The largest absolute Gasteiger partial charge is 0.393 e. The van der Waals surface area contributed by atoms with Crippen LogP contribution in [0.2, 0.25) is 0 Å². The Morgan fingerprint density at radius 3 is 2.42 bits per heavy atom. The van der Waals surface area contributed by atoms with Crippen LogP contribution >= 0.6 is 0 Å². The van der Waals surface area contributed by atoms with Crippen LogP contribution in [0, 0.1) is 34.0 Å². The van der Waals surface area contributed by atoms with Gasteiger partial charge in [0.05, 0.1) is 11.7 Å². The first-order chi connectivity index (χ1) is 11.0. The summed E-state index contributed by atoms with van der Waals surface area (Å²) in [6, 6.07) is 0. The summed E-state index contributed by atoms with van der Waals surface area (Å²) in [6.07, 6.45) is 10.1. The van der Waals surface area contributed by atoms with E-state index in [4.69, 9.17) is 0 Å². The summed E-state index contributed by atoms with van der Waals surface area (Å²) in [7, 11) is 0. The van der Waals surface area contributed by atoms with E-state index in [1.807, 2.05) is 6.92 Å². The third-order valence-electron chi connectivity index (χ3n) is 9.38. The van der Waals surface area contributed by atoms with Crippen molar-refractivity contribution >= 4 is 0 Å². The molecule has 0 saturated heterocycles. The van der Waals surface area contributed by atoms with Gasteiger partial charge in [-0.15, -0.1) is 0 Å². The Balaban J connectivity index is 1.71. The highest BCUT2D eigenvalue weighted by Crippen LogP contribution is 2.67. The minimum Gasteiger partial charge on any atom is -0.393 e. The zero-order valence-electron chi connectivity index (χ0n) is 16.2. The highest BCUT2D eigenvalue weighted by atomic mass is 16.3. The maximum Gasteiger partial charge on any atom is 0.0707 e. The number of hydrogen-bond donors (Lipinski definition) is 2. The van der Waals surface area contributed by atoms with Crippen LogP contribution in [-0.4, -0.2) is 21.9 Å². The molecule has 0 aromatic heterocycles. The van der Waals surface area contributed by atoms with Crippen molar-refractivity contribution < 1.29 is 10.2 Å². The molecule has 0 radical (unpaired) electrons. The van der Waals surface area contributed by atoms with Crippen molar-refractivity contribution in [2.45, 2.75) is 91.3 Å². The number of allylic oxidation sites excluding steroid dienone is 1. The third-order valence-corrected chi connectivity index (χ3v) is 9.38. The van der Waals surface area contributed by atoms with Crippen molar-refractivity contribution in [1.82, 2.24) is 0 Å².